The summed E-state index contributed by atoms with van der Waals surface area (Å²) in [5, 5.41) is 2.86. The molecule has 0 spiro atoms. The minimum atomic E-state index is -0.107. The van der Waals surface area contributed by atoms with E-state index in [1.165, 1.54) is 0 Å². The lowest BCUT2D eigenvalue weighted by molar-refractivity contribution is 0.0948. The molecule has 0 aliphatic rings. The van der Waals surface area contributed by atoms with Gasteiger partial charge in [-0.2, -0.15) is 0 Å². The van der Waals surface area contributed by atoms with Gasteiger partial charge in [0.15, 0.2) is 0 Å². The minimum absolute atomic E-state index is 0.107. The second-order valence-electron chi connectivity index (χ2n) is 4.58. The van der Waals surface area contributed by atoms with E-state index in [-0.39, 0.29) is 5.91 Å². The first-order chi connectivity index (χ1) is 8.13. The summed E-state index contributed by atoms with van der Waals surface area (Å²) in [4.78, 5) is 15.7. The molecular formula is C12H22N4O. The number of rotatable bonds is 7. The molecule has 0 saturated heterocycles. The molecule has 0 atom stereocenters. The van der Waals surface area contributed by atoms with Crippen LogP contribution < -0.4 is 11.1 Å². The van der Waals surface area contributed by atoms with Crippen molar-refractivity contribution in [1.29, 1.82) is 0 Å². The van der Waals surface area contributed by atoms with E-state index in [4.69, 9.17) is 5.73 Å². The third-order valence-electron chi connectivity index (χ3n) is 2.50. The van der Waals surface area contributed by atoms with Crippen molar-refractivity contribution in [3.8, 4) is 0 Å². The second-order valence-corrected chi connectivity index (χ2v) is 4.58. The quantitative estimate of drug-likeness (QED) is 0.696. The van der Waals surface area contributed by atoms with Crippen LogP contribution in [0.4, 0.5) is 0 Å². The van der Waals surface area contributed by atoms with Gasteiger partial charge < -0.3 is 15.6 Å². The van der Waals surface area contributed by atoms with Crippen molar-refractivity contribution in [2.45, 2.75) is 33.2 Å². The first-order valence-corrected chi connectivity index (χ1v) is 6.13. The molecule has 17 heavy (non-hydrogen) atoms. The highest BCUT2D eigenvalue weighted by Crippen LogP contribution is 2.02. The Morgan fingerprint density at radius 3 is 3.00 bits per heavy atom. The SMILES string of the molecule is CC(C)CCCNC(=O)c1cn(CCN)cn1. The van der Waals surface area contributed by atoms with Gasteiger partial charge in [0.2, 0.25) is 0 Å². The predicted octanol–water partition coefficient (Wildman–Crippen LogP) is 1.01. The number of nitrogens with zero attached hydrogens (tertiary/aromatic N) is 2. The molecule has 5 nitrogen and oxygen atoms in total. The number of nitrogens with two attached hydrogens (primary N) is 1. The molecule has 96 valence electrons. The summed E-state index contributed by atoms with van der Waals surface area (Å²) >= 11 is 0. The summed E-state index contributed by atoms with van der Waals surface area (Å²) < 4.78 is 1.82. The van der Waals surface area contributed by atoms with Gasteiger partial charge in [-0.1, -0.05) is 13.8 Å². The number of amides is 1. The summed E-state index contributed by atoms with van der Waals surface area (Å²) in [6.45, 7) is 6.30. The number of nitrogens with one attached hydrogen (secondary N) is 1. The third-order valence-corrected chi connectivity index (χ3v) is 2.50. The van der Waals surface area contributed by atoms with Gasteiger partial charge in [-0.15, -0.1) is 0 Å². The van der Waals surface area contributed by atoms with Gasteiger partial charge in [-0.3, -0.25) is 4.79 Å². The summed E-state index contributed by atoms with van der Waals surface area (Å²) in [5.41, 5.74) is 5.88. The van der Waals surface area contributed by atoms with Crippen LogP contribution in [0, 0.1) is 5.92 Å². The normalized spacial score (nSPS) is 10.8. The van der Waals surface area contributed by atoms with E-state index in [0.29, 0.717) is 31.2 Å². The topological polar surface area (TPSA) is 72.9 Å². The number of imidazole rings is 1. The first-order valence-electron chi connectivity index (χ1n) is 6.13. The molecule has 5 heteroatoms. The molecule has 3 N–H and O–H groups in total. The number of hydrogen-bond acceptors (Lipinski definition) is 3. The molecule has 1 amide bonds. The highest BCUT2D eigenvalue weighted by atomic mass is 16.1. The molecule has 0 fully saturated rings. The van der Waals surface area contributed by atoms with Gasteiger partial charge in [0.05, 0.1) is 6.33 Å². The van der Waals surface area contributed by atoms with Crippen LogP contribution in [0.5, 0.6) is 0 Å². The Morgan fingerprint density at radius 2 is 2.35 bits per heavy atom. The van der Waals surface area contributed by atoms with Gasteiger partial charge in [0, 0.05) is 25.8 Å². The molecule has 1 heterocycles. The van der Waals surface area contributed by atoms with Gasteiger partial charge in [0.25, 0.3) is 5.91 Å². The van der Waals surface area contributed by atoms with E-state index in [9.17, 15) is 4.79 Å². The van der Waals surface area contributed by atoms with Gasteiger partial charge in [0.1, 0.15) is 5.69 Å². The largest absolute Gasteiger partial charge is 0.351 e. The first kappa shape index (κ1) is 13.7. The Balaban J connectivity index is 2.31. The Bertz CT molecular complexity index is 346. The second kappa shape index (κ2) is 7.06. The van der Waals surface area contributed by atoms with Crippen molar-refractivity contribution >= 4 is 5.91 Å². The van der Waals surface area contributed by atoms with Crippen LogP contribution in [0.25, 0.3) is 0 Å². The van der Waals surface area contributed by atoms with Crippen molar-refractivity contribution in [1.82, 2.24) is 14.9 Å². The zero-order chi connectivity index (χ0) is 12.7. The van der Waals surface area contributed by atoms with Crippen molar-refractivity contribution in [2.75, 3.05) is 13.1 Å². The lowest BCUT2D eigenvalue weighted by Gasteiger charge is -2.05. The Morgan fingerprint density at radius 1 is 1.59 bits per heavy atom. The van der Waals surface area contributed by atoms with Crippen LogP contribution in [0.1, 0.15) is 37.2 Å². The lowest BCUT2D eigenvalue weighted by Crippen LogP contribution is -2.25. The Kier molecular flexibility index (Phi) is 5.69. The van der Waals surface area contributed by atoms with E-state index in [2.05, 4.69) is 24.1 Å². The predicted molar refractivity (Wildman–Crippen MR) is 67.7 cm³/mol. The number of hydrogen-bond donors (Lipinski definition) is 2. The molecule has 0 saturated carbocycles. The van der Waals surface area contributed by atoms with E-state index in [0.717, 1.165) is 12.8 Å². The van der Waals surface area contributed by atoms with E-state index in [1.54, 1.807) is 12.5 Å². The average Bonchev–Trinajstić information content (AvgIpc) is 2.73. The van der Waals surface area contributed by atoms with Crippen molar-refractivity contribution in [3.63, 3.8) is 0 Å². The average molecular weight is 238 g/mol. The Labute approximate surface area is 102 Å². The van der Waals surface area contributed by atoms with Gasteiger partial charge in [-0.05, 0) is 18.8 Å². The van der Waals surface area contributed by atoms with Crippen LogP contribution in [0.3, 0.4) is 0 Å². The number of aromatic nitrogens is 2. The summed E-state index contributed by atoms with van der Waals surface area (Å²) in [7, 11) is 0. The fraction of sp³-hybridized carbons (Fsp3) is 0.667. The molecule has 1 aromatic heterocycles. The van der Waals surface area contributed by atoms with E-state index >= 15 is 0 Å². The molecule has 0 aliphatic heterocycles. The number of carbonyl (C=O) groups excluding carboxylic acids is 1. The maximum absolute atomic E-state index is 11.7. The lowest BCUT2D eigenvalue weighted by atomic mass is 10.1. The summed E-state index contributed by atoms with van der Waals surface area (Å²) in [6, 6.07) is 0. The summed E-state index contributed by atoms with van der Waals surface area (Å²) in [6.07, 6.45) is 5.50. The van der Waals surface area contributed by atoms with E-state index in [1.807, 2.05) is 4.57 Å². The van der Waals surface area contributed by atoms with Crippen LogP contribution in [-0.4, -0.2) is 28.5 Å². The monoisotopic (exact) mass is 238 g/mol. The number of carbonyl (C=O) groups is 1. The third kappa shape index (κ3) is 4.99. The molecule has 0 aromatic carbocycles. The standard InChI is InChI=1S/C12H22N4O/c1-10(2)4-3-6-14-12(17)11-8-16(7-5-13)9-15-11/h8-10H,3-7,13H2,1-2H3,(H,14,17). The molecule has 1 rings (SSSR count). The van der Waals surface area contributed by atoms with Crippen LogP contribution >= 0.6 is 0 Å². The zero-order valence-electron chi connectivity index (χ0n) is 10.6. The molecule has 0 radical (unpaired) electrons. The highest BCUT2D eigenvalue weighted by molar-refractivity contribution is 5.91. The fourth-order valence-electron chi connectivity index (χ4n) is 1.55. The minimum Gasteiger partial charge on any atom is -0.351 e. The maximum atomic E-state index is 11.7. The zero-order valence-corrected chi connectivity index (χ0v) is 10.6. The van der Waals surface area contributed by atoms with Gasteiger partial charge in [-0.25, -0.2) is 4.98 Å². The van der Waals surface area contributed by atoms with Crippen molar-refractivity contribution < 1.29 is 4.79 Å². The van der Waals surface area contributed by atoms with E-state index < -0.39 is 0 Å². The smallest absolute Gasteiger partial charge is 0.271 e. The van der Waals surface area contributed by atoms with Crippen LogP contribution in [-0.2, 0) is 6.54 Å². The molecule has 0 aliphatic carbocycles. The van der Waals surface area contributed by atoms with Crippen LogP contribution in [0.2, 0.25) is 0 Å². The molecule has 0 bridgehead atoms. The molecule has 1 aromatic rings. The van der Waals surface area contributed by atoms with Crippen molar-refractivity contribution in [2.24, 2.45) is 11.7 Å². The maximum Gasteiger partial charge on any atom is 0.271 e. The highest BCUT2D eigenvalue weighted by Gasteiger charge is 2.08. The van der Waals surface area contributed by atoms with Crippen molar-refractivity contribution in [3.05, 3.63) is 18.2 Å². The Hall–Kier alpha value is -1.36. The van der Waals surface area contributed by atoms with Crippen LogP contribution in [0.15, 0.2) is 12.5 Å². The molecule has 0 unspecified atom stereocenters. The van der Waals surface area contributed by atoms with Gasteiger partial charge >= 0.3 is 0 Å². The molecular weight excluding hydrogens is 216 g/mol. The fourth-order valence-corrected chi connectivity index (χ4v) is 1.55. The summed E-state index contributed by atoms with van der Waals surface area (Å²) in [5.74, 6) is 0.570.